The summed E-state index contributed by atoms with van der Waals surface area (Å²) >= 11 is 0. The maximum Gasteiger partial charge on any atom is 0.472 e. The zero-order valence-corrected chi connectivity index (χ0v) is 49.1. The van der Waals surface area contributed by atoms with Crippen LogP contribution in [0.2, 0.25) is 0 Å². The topological polar surface area (TPSA) is 105 Å². The number of nitrogens with zero attached hydrogens (tertiary/aromatic N) is 1. The highest BCUT2D eigenvalue weighted by Crippen LogP contribution is 2.43. The highest BCUT2D eigenvalue weighted by atomic mass is 31.2. The molecular formula is C62H124N2O6P+. The number of rotatable bonds is 58. The van der Waals surface area contributed by atoms with Crippen molar-refractivity contribution in [1.29, 1.82) is 0 Å². The first-order valence-corrected chi connectivity index (χ1v) is 32.7. The van der Waals surface area contributed by atoms with E-state index in [1.165, 1.54) is 257 Å². The van der Waals surface area contributed by atoms with E-state index in [-0.39, 0.29) is 19.1 Å². The van der Waals surface area contributed by atoms with Gasteiger partial charge < -0.3 is 19.8 Å². The Kier molecular flexibility index (Phi) is 53.0. The molecule has 3 atom stereocenters. The van der Waals surface area contributed by atoms with Crippen LogP contribution in [0.4, 0.5) is 0 Å². The van der Waals surface area contributed by atoms with Crippen LogP contribution in [-0.4, -0.2) is 73.4 Å². The van der Waals surface area contributed by atoms with Crippen molar-refractivity contribution in [2.24, 2.45) is 0 Å². The van der Waals surface area contributed by atoms with Crippen LogP contribution in [0.5, 0.6) is 0 Å². The molecule has 1 amide bonds. The summed E-state index contributed by atoms with van der Waals surface area (Å²) in [6.45, 7) is 4.86. The number of amides is 1. The fourth-order valence-electron chi connectivity index (χ4n) is 9.51. The van der Waals surface area contributed by atoms with Crippen LogP contribution >= 0.6 is 7.82 Å². The summed E-state index contributed by atoms with van der Waals surface area (Å²) in [7, 11) is 1.59. The zero-order valence-electron chi connectivity index (χ0n) is 48.2. The van der Waals surface area contributed by atoms with Crippen LogP contribution in [-0.2, 0) is 18.4 Å². The molecule has 0 aliphatic rings. The maximum atomic E-state index is 13.0. The summed E-state index contributed by atoms with van der Waals surface area (Å²) in [6, 6.07) is -0.844. The molecule has 0 heterocycles. The number of quaternary nitrogens is 1. The molecule has 0 aromatic heterocycles. The number of unbranched alkanes of at least 4 members (excludes halogenated alkanes) is 43. The van der Waals surface area contributed by atoms with Crippen molar-refractivity contribution < 1.29 is 32.9 Å². The van der Waals surface area contributed by atoms with Gasteiger partial charge in [0.2, 0.25) is 5.91 Å². The Morgan fingerprint density at radius 2 is 0.761 bits per heavy atom. The highest BCUT2D eigenvalue weighted by Gasteiger charge is 2.27. The van der Waals surface area contributed by atoms with Gasteiger partial charge in [-0.3, -0.25) is 13.8 Å². The lowest BCUT2D eigenvalue weighted by Gasteiger charge is -2.25. The molecule has 8 nitrogen and oxygen atoms in total. The number of carbonyl (C=O) groups excluding carboxylic acids is 1. The van der Waals surface area contributed by atoms with E-state index < -0.39 is 20.0 Å². The smallest absolute Gasteiger partial charge is 0.387 e. The van der Waals surface area contributed by atoms with Crippen LogP contribution in [0.15, 0.2) is 24.3 Å². The van der Waals surface area contributed by atoms with E-state index in [2.05, 4.69) is 31.3 Å². The first kappa shape index (κ1) is 70.0. The number of phosphoric acid groups is 1. The standard InChI is InChI=1S/C62H123N2O6P/c1-6-8-10-12-14-16-18-20-22-24-25-26-27-28-29-30-31-32-33-34-35-36-37-38-40-42-44-46-48-50-52-54-56-62(66)63-60(59-70-71(67,68)69-58-57-64(3,4)5)61(65)55-53-51-49-47-45-43-41-39-23-21-19-17-15-13-11-9-7-2/h28-29,53,55,60-61,65H,6-27,30-52,54,56-59H2,1-5H3,(H-,63,66,67,68)/p+1/b29-28-,55-53+. The predicted octanol–water partition coefficient (Wildman–Crippen LogP) is 19.2. The molecule has 3 unspecified atom stereocenters. The lowest BCUT2D eigenvalue weighted by molar-refractivity contribution is -0.870. The van der Waals surface area contributed by atoms with Crippen LogP contribution < -0.4 is 5.32 Å². The number of carbonyl (C=O) groups is 1. The Hall–Kier alpha value is -1.02. The molecule has 3 N–H and O–H groups in total. The van der Waals surface area contributed by atoms with Crippen molar-refractivity contribution >= 4 is 13.7 Å². The molecule has 0 fully saturated rings. The highest BCUT2D eigenvalue weighted by molar-refractivity contribution is 7.47. The van der Waals surface area contributed by atoms with E-state index >= 15 is 0 Å². The summed E-state index contributed by atoms with van der Waals surface area (Å²) in [4.78, 5) is 23.3. The molecule has 0 spiro atoms. The Balaban J connectivity index is 4.03. The second-order valence-corrected chi connectivity index (χ2v) is 24.2. The van der Waals surface area contributed by atoms with Crippen LogP contribution in [0.1, 0.15) is 316 Å². The van der Waals surface area contributed by atoms with Gasteiger partial charge in [-0.2, -0.15) is 0 Å². The van der Waals surface area contributed by atoms with Gasteiger partial charge in [0.25, 0.3) is 0 Å². The fraction of sp³-hybridized carbons (Fsp3) is 0.919. The Morgan fingerprint density at radius 1 is 0.465 bits per heavy atom. The molecule has 0 aromatic carbocycles. The third kappa shape index (κ3) is 56.5. The van der Waals surface area contributed by atoms with E-state index in [1.807, 2.05) is 27.2 Å². The number of allylic oxidation sites excluding steroid dienone is 3. The normalized spacial score (nSPS) is 14.0. The average molecular weight is 1020 g/mol. The third-order valence-corrected chi connectivity index (χ3v) is 15.4. The van der Waals surface area contributed by atoms with E-state index in [0.717, 1.165) is 38.5 Å². The van der Waals surface area contributed by atoms with Crippen molar-refractivity contribution in [3.63, 3.8) is 0 Å². The van der Waals surface area contributed by atoms with Gasteiger partial charge in [0.1, 0.15) is 13.2 Å². The maximum absolute atomic E-state index is 13.0. The van der Waals surface area contributed by atoms with Gasteiger partial charge in [0.05, 0.1) is 39.9 Å². The third-order valence-electron chi connectivity index (χ3n) is 14.4. The lowest BCUT2D eigenvalue weighted by Crippen LogP contribution is -2.45. The molecule has 0 aromatic rings. The molecule has 0 rings (SSSR count). The quantitative estimate of drug-likeness (QED) is 0.0243. The summed E-state index contributed by atoms with van der Waals surface area (Å²) in [5.41, 5.74) is 0. The van der Waals surface area contributed by atoms with Gasteiger partial charge >= 0.3 is 7.82 Å². The number of aliphatic hydroxyl groups is 1. The van der Waals surface area contributed by atoms with Gasteiger partial charge in [-0.05, 0) is 44.9 Å². The SMILES string of the molecule is CCCCCCCCCCCCCC/C=C\CCCCCCCCCCCCCCCCCCC(=O)NC(COP(=O)(O)OCC[N+](C)(C)C)C(O)/C=C/CCCCCCCCCCCCCCCCC. The molecule has 71 heavy (non-hydrogen) atoms. The second-order valence-electron chi connectivity index (χ2n) is 22.8. The van der Waals surface area contributed by atoms with Gasteiger partial charge in [-0.1, -0.05) is 289 Å². The summed E-state index contributed by atoms with van der Waals surface area (Å²) in [6.07, 6.45) is 68.7. The van der Waals surface area contributed by atoms with Crippen molar-refractivity contribution in [1.82, 2.24) is 5.32 Å². The van der Waals surface area contributed by atoms with Gasteiger partial charge in [-0.15, -0.1) is 0 Å². The number of phosphoric ester groups is 1. The van der Waals surface area contributed by atoms with E-state index in [0.29, 0.717) is 17.4 Å². The minimum atomic E-state index is -4.34. The molecular weight excluding hydrogens is 900 g/mol. The number of aliphatic hydroxyl groups excluding tert-OH is 1. The first-order valence-electron chi connectivity index (χ1n) is 31.2. The van der Waals surface area contributed by atoms with Gasteiger partial charge in [0, 0.05) is 6.42 Å². The molecule has 0 aliphatic heterocycles. The van der Waals surface area contributed by atoms with Crippen LogP contribution in [0, 0.1) is 0 Å². The van der Waals surface area contributed by atoms with Crippen molar-refractivity contribution in [3.8, 4) is 0 Å². The van der Waals surface area contributed by atoms with Crippen molar-refractivity contribution in [2.75, 3.05) is 40.9 Å². The van der Waals surface area contributed by atoms with E-state index in [1.54, 1.807) is 6.08 Å². The number of hydrogen-bond acceptors (Lipinski definition) is 5. The number of hydrogen-bond donors (Lipinski definition) is 3. The first-order chi connectivity index (χ1) is 34.5. The Labute approximate surface area is 443 Å². The van der Waals surface area contributed by atoms with Gasteiger partial charge in [0.15, 0.2) is 0 Å². The second kappa shape index (κ2) is 53.8. The van der Waals surface area contributed by atoms with Crippen molar-refractivity contribution in [2.45, 2.75) is 328 Å². The Morgan fingerprint density at radius 3 is 1.08 bits per heavy atom. The number of nitrogens with one attached hydrogen (secondary N) is 1. The molecule has 0 bridgehead atoms. The average Bonchev–Trinajstić information content (AvgIpc) is 3.33. The Bertz CT molecular complexity index is 1210. The fourth-order valence-corrected chi connectivity index (χ4v) is 10.2. The zero-order chi connectivity index (χ0) is 52.0. The van der Waals surface area contributed by atoms with Crippen LogP contribution in [0.25, 0.3) is 0 Å². The minimum Gasteiger partial charge on any atom is -0.387 e. The largest absolute Gasteiger partial charge is 0.472 e. The van der Waals surface area contributed by atoms with Crippen LogP contribution in [0.3, 0.4) is 0 Å². The summed E-state index contributed by atoms with van der Waals surface area (Å²) < 4.78 is 23.7. The monoisotopic (exact) mass is 1020 g/mol. The summed E-state index contributed by atoms with van der Waals surface area (Å²) in [5.74, 6) is -0.171. The van der Waals surface area contributed by atoms with Crippen molar-refractivity contribution in [3.05, 3.63) is 24.3 Å². The molecule has 0 aliphatic carbocycles. The predicted molar refractivity (Wildman–Crippen MR) is 309 cm³/mol. The summed E-state index contributed by atoms with van der Waals surface area (Å²) in [5, 5.41) is 13.9. The molecule has 422 valence electrons. The van der Waals surface area contributed by atoms with E-state index in [4.69, 9.17) is 9.05 Å². The van der Waals surface area contributed by atoms with E-state index in [9.17, 15) is 19.4 Å². The lowest BCUT2D eigenvalue weighted by atomic mass is 10.0. The molecule has 0 saturated heterocycles. The molecule has 0 radical (unpaired) electrons. The minimum absolute atomic E-state index is 0.0639. The van der Waals surface area contributed by atoms with Gasteiger partial charge in [-0.25, -0.2) is 4.57 Å². The molecule has 0 saturated carbocycles. The number of likely N-dealkylation sites (N-methyl/N-ethyl adjacent to an activating group) is 1. The molecule has 9 heteroatoms.